The van der Waals surface area contributed by atoms with Crippen LogP contribution in [-0.2, 0) is 0 Å². The molecule has 0 aliphatic rings. The van der Waals surface area contributed by atoms with E-state index in [1.807, 2.05) is 6.92 Å². The number of allylic oxidation sites excluding steroid dienone is 4. The molecule has 0 N–H and O–H groups in total. The van der Waals surface area contributed by atoms with Crippen molar-refractivity contribution in [3.8, 4) is 0 Å². The second-order valence-corrected chi connectivity index (χ2v) is 4.95. The minimum atomic E-state index is 1.23. The Kier molecular flexibility index (Phi) is 13.1. The largest absolute Gasteiger partial charge is 0.0843 e. The van der Waals surface area contributed by atoms with Crippen LogP contribution in [-0.4, -0.2) is 0 Å². The minimum absolute atomic E-state index is 1.23. The fraction of sp³-hybridized carbons (Fsp3) is 0.765. The van der Waals surface area contributed by atoms with Crippen LogP contribution < -0.4 is 0 Å². The van der Waals surface area contributed by atoms with Crippen LogP contribution in [0.25, 0.3) is 0 Å². The zero-order chi connectivity index (χ0) is 12.8. The lowest BCUT2D eigenvalue weighted by atomic mass is 10.1. The van der Waals surface area contributed by atoms with Gasteiger partial charge in [-0.2, -0.15) is 0 Å². The summed E-state index contributed by atoms with van der Waals surface area (Å²) in [5.41, 5.74) is 1.25. The summed E-state index contributed by atoms with van der Waals surface area (Å²) < 4.78 is 0. The highest BCUT2D eigenvalue weighted by molar-refractivity contribution is 5.11. The molecule has 0 rings (SSSR count). The molecule has 0 aromatic rings. The Balaban J connectivity index is 3.11. The molecule has 0 amide bonds. The van der Waals surface area contributed by atoms with Gasteiger partial charge in [0.1, 0.15) is 0 Å². The molecule has 99 valence electrons. The molecule has 0 nitrogen and oxygen atoms in total. The van der Waals surface area contributed by atoms with Crippen LogP contribution in [0.3, 0.4) is 0 Å². The van der Waals surface area contributed by atoms with E-state index < -0.39 is 0 Å². The van der Waals surface area contributed by atoms with Crippen molar-refractivity contribution in [3.63, 3.8) is 0 Å². The SMILES string of the molecule is C/[C]=C(C)\C=C\CCCCCCCCCCC. The summed E-state index contributed by atoms with van der Waals surface area (Å²) in [6.07, 6.45) is 21.6. The zero-order valence-corrected chi connectivity index (χ0v) is 12.2. The number of rotatable bonds is 11. The fourth-order valence-electron chi connectivity index (χ4n) is 1.92. The predicted molar refractivity (Wildman–Crippen MR) is 79.1 cm³/mol. The predicted octanol–water partition coefficient (Wildman–Crippen LogP) is 6.23. The highest BCUT2D eigenvalue weighted by Crippen LogP contribution is 2.10. The second kappa shape index (κ2) is 13.5. The highest BCUT2D eigenvalue weighted by atomic mass is 14.0. The number of unbranched alkanes of at least 4 members (excludes halogenated alkanes) is 9. The van der Waals surface area contributed by atoms with Crippen molar-refractivity contribution < 1.29 is 0 Å². The first-order valence-electron chi connectivity index (χ1n) is 7.49. The van der Waals surface area contributed by atoms with Gasteiger partial charge in [-0.05, 0) is 38.3 Å². The molecule has 0 bridgehead atoms. The molecule has 0 heterocycles. The van der Waals surface area contributed by atoms with E-state index in [2.05, 4.69) is 32.1 Å². The van der Waals surface area contributed by atoms with E-state index >= 15 is 0 Å². The van der Waals surface area contributed by atoms with Crippen molar-refractivity contribution in [3.05, 3.63) is 23.8 Å². The molecule has 0 saturated carbocycles. The third kappa shape index (κ3) is 13.4. The number of hydrogen-bond acceptors (Lipinski definition) is 0. The van der Waals surface area contributed by atoms with Crippen molar-refractivity contribution in [1.82, 2.24) is 0 Å². The van der Waals surface area contributed by atoms with Crippen LogP contribution in [0.1, 0.15) is 85.0 Å². The first-order chi connectivity index (χ1) is 8.31. The molecular formula is C17H31. The molecule has 0 aromatic heterocycles. The van der Waals surface area contributed by atoms with E-state index in [-0.39, 0.29) is 0 Å². The molecule has 0 atom stereocenters. The van der Waals surface area contributed by atoms with Gasteiger partial charge in [0.15, 0.2) is 0 Å². The Hall–Kier alpha value is -0.520. The lowest BCUT2D eigenvalue weighted by Crippen LogP contribution is -1.80. The maximum absolute atomic E-state index is 3.13. The van der Waals surface area contributed by atoms with E-state index in [9.17, 15) is 0 Å². The highest BCUT2D eigenvalue weighted by Gasteiger charge is 1.91. The average Bonchev–Trinajstić information content (AvgIpc) is 2.35. The van der Waals surface area contributed by atoms with Crippen LogP contribution in [0.5, 0.6) is 0 Å². The maximum atomic E-state index is 3.13. The van der Waals surface area contributed by atoms with E-state index in [0.717, 1.165) is 0 Å². The van der Waals surface area contributed by atoms with Gasteiger partial charge in [-0.1, -0.05) is 70.4 Å². The van der Waals surface area contributed by atoms with Crippen LogP contribution in [0.2, 0.25) is 0 Å². The Morgan fingerprint density at radius 3 is 1.94 bits per heavy atom. The number of hydrogen-bond donors (Lipinski definition) is 0. The minimum Gasteiger partial charge on any atom is -0.0843 e. The normalized spacial score (nSPS) is 12.5. The first kappa shape index (κ1) is 16.5. The lowest BCUT2D eigenvalue weighted by molar-refractivity contribution is 0.566. The van der Waals surface area contributed by atoms with Crippen molar-refractivity contribution in [2.75, 3.05) is 0 Å². The summed E-state index contributed by atoms with van der Waals surface area (Å²) in [5.74, 6) is 0. The molecule has 0 unspecified atom stereocenters. The Labute approximate surface area is 109 Å². The summed E-state index contributed by atoms with van der Waals surface area (Å²) in [7, 11) is 0. The van der Waals surface area contributed by atoms with Crippen LogP contribution >= 0.6 is 0 Å². The van der Waals surface area contributed by atoms with Crippen LogP contribution in [0, 0.1) is 6.08 Å². The van der Waals surface area contributed by atoms with Gasteiger partial charge in [-0.15, -0.1) is 0 Å². The molecular weight excluding hydrogens is 204 g/mol. The molecule has 0 aliphatic carbocycles. The summed E-state index contributed by atoms with van der Waals surface area (Å²) in [4.78, 5) is 0. The lowest BCUT2D eigenvalue weighted by Gasteiger charge is -2.00. The van der Waals surface area contributed by atoms with Gasteiger partial charge in [0.2, 0.25) is 0 Å². The molecule has 17 heavy (non-hydrogen) atoms. The summed E-state index contributed by atoms with van der Waals surface area (Å²) in [6, 6.07) is 0. The Bertz CT molecular complexity index is 198. The van der Waals surface area contributed by atoms with Gasteiger partial charge in [0.05, 0.1) is 0 Å². The molecule has 0 spiro atoms. The standard InChI is InChI=1S/C17H31/c1-4-6-7-8-9-10-11-12-13-14-15-16-17(3)5-2/h15-16H,4,6-14H2,1-3H3/b16-15+,17-5?. The molecule has 0 saturated heterocycles. The van der Waals surface area contributed by atoms with Gasteiger partial charge < -0.3 is 0 Å². The van der Waals surface area contributed by atoms with Gasteiger partial charge in [-0.3, -0.25) is 0 Å². The quantitative estimate of drug-likeness (QED) is 0.294. The second-order valence-electron chi connectivity index (χ2n) is 4.95. The Morgan fingerprint density at radius 1 is 0.882 bits per heavy atom. The van der Waals surface area contributed by atoms with Crippen LogP contribution in [0.4, 0.5) is 0 Å². The van der Waals surface area contributed by atoms with E-state index in [4.69, 9.17) is 0 Å². The Morgan fingerprint density at radius 2 is 1.41 bits per heavy atom. The fourth-order valence-corrected chi connectivity index (χ4v) is 1.92. The summed E-state index contributed by atoms with van der Waals surface area (Å²) in [6.45, 7) is 6.35. The van der Waals surface area contributed by atoms with Gasteiger partial charge in [-0.25, -0.2) is 0 Å². The molecule has 0 heteroatoms. The molecule has 0 aromatic carbocycles. The molecule has 0 fully saturated rings. The van der Waals surface area contributed by atoms with Crippen LogP contribution in [0.15, 0.2) is 17.7 Å². The molecule has 0 aliphatic heterocycles. The topological polar surface area (TPSA) is 0 Å². The van der Waals surface area contributed by atoms with Gasteiger partial charge >= 0.3 is 0 Å². The third-order valence-electron chi connectivity index (χ3n) is 3.24. The average molecular weight is 235 g/mol. The van der Waals surface area contributed by atoms with Gasteiger partial charge in [0.25, 0.3) is 0 Å². The van der Waals surface area contributed by atoms with E-state index in [1.54, 1.807) is 0 Å². The summed E-state index contributed by atoms with van der Waals surface area (Å²) >= 11 is 0. The van der Waals surface area contributed by atoms with E-state index in [1.165, 1.54) is 69.8 Å². The van der Waals surface area contributed by atoms with Gasteiger partial charge in [0, 0.05) is 0 Å². The van der Waals surface area contributed by atoms with Crippen molar-refractivity contribution in [2.24, 2.45) is 0 Å². The molecule has 1 radical (unpaired) electrons. The monoisotopic (exact) mass is 235 g/mol. The van der Waals surface area contributed by atoms with Crippen molar-refractivity contribution in [1.29, 1.82) is 0 Å². The maximum Gasteiger partial charge on any atom is -0.0348 e. The smallest absolute Gasteiger partial charge is 0.0348 e. The zero-order valence-electron chi connectivity index (χ0n) is 12.2. The third-order valence-corrected chi connectivity index (χ3v) is 3.24. The van der Waals surface area contributed by atoms with E-state index in [0.29, 0.717) is 0 Å². The van der Waals surface area contributed by atoms with Crippen molar-refractivity contribution in [2.45, 2.75) is 85.0 Å². The van der Waals surface area contributed by atoms with Crippen molar-refractivity contribution >= 4 is 0 Å². The summed E-state index contributed by atoms with van der Waals surface area (Å²) in [5, 5.41) is 0. The first-order valence-corrected chi connectivity index (χ1v) is 7.49.